The Morgan fingerprint density at radius 1 is 1.06 bits per heavy atom. The molecular weight excluding hydrogens is 333 g/mol. The van der Waals surface area contributed by atoms with Gasteiger partial charge < -0.3 is 10.8 Å². The van der Waals surface area contributed by atoms with Crippen molar-refractivity contribution in [2.24, 2.45) is 0 Å². The molecule has 82 valence electrons. The van der Waals surface area contributed by atoms with Crippen molar-refractivity contribution in [3.63, 3.8) is 0 Å². The first kappa shape index (κ1) is 11.6. The summed E-state index contributed by atoms with van der Waals surface area (Å²) < 4.78 is 1.04. The maximum Gasteiger partial charge on any atom is 0.116 e. The smallest absolute Gasteiger partial charge is 0.116 e. The number of aromatic hydroxyl groups is 1. The molecule has 0 aromatic heterocycles. The van der Waals surface area contributed by atoms with Crippen LogP contribution in [-0.2, 0) is 0 Å². The van der Waals surface area contributed by atoms with E-state index in [9.17, 15) is 5.11 Å². The molecule has 0 aliphatic carbocycles. The Hall–Kier alpha value is -0.880. The molecule has 0 aliphatic rings. The minimum Gasteiger partial charge on any atom is -0.508 e. The van der Waals surface area contributed by atoms with Gasteiger partial charge in [-0.25, -0.2) is 0 Å². The van der Waals surface area contributed by atoms with Crippen LogP contribution in [0.2, 0.25) is 0 Å². The van der Waals surface area contributed by atoms with Gasteiger partial charge in [0, 0.05) is 19.0 Å². The van der Waals surface area contributed by atoms with E-state index >= 15 is 0 Å². The predicted molar refractivity (Wildman–Crippen MR) is 75.8 cm³/mol. The van der Waals surface area contributed by atoms with Crippen LogP contribution >= 0.6 is 34.4 Å². The van der Waals surface area contributed by atoms with Gasteiger partial charge in [0.15, 0.2) is 0 Å². The number of halogens is 1. The van der Waals surface area contributed by atoms with Crippen LogP contribution in [0.15, 0.2) is 52.3 Å². The summed E-state index contributed by atoms with van der Waals surface area (Å²) in [7, 11) is 0. The van der Waals surface area contributed by atoms with E-state index in [-0.39, 0.29) is 0 Å². The number of nitrogens with two attached hydrogens (primary N) is 1. The zero-order valence-corrected chi connectivity index (χ0v) is 11.3. The van der Waals surface area contributed by atoms with E-state index in [1.54, 1.807) is 23.9 Å². The predicted octanol–water partition coefficient (Wildman–Crippen LogP) is 3.73. The van der Waals surface area contributed by atoms with Gasteiger partial charge in [0.2, 0.25) is 0 Å². The maximum atomic E-state index is 9.31. The van der Waals surface area contributed by atoms with E-state index in [2.05, 4.69) is 22.6 Å². The molecule has 0 atom stereocenters. The van der Waals surface area contributed by atoms with Crippen molar-refractivity contribution in [1.29, 1.82) is 0 Å². The quantitative estimate of drug-likeness (QED) is 0.645. The highest BCUT2D eigenvalue weighted by atomic mass is 127. The summed E-state index contributed by atoms with van der Waals surface area (Å²) in [6.07, 6.45) is 0. The van der Waals surface area contributed by atoms with E-state index in [0.29, 0.717) is 5.75 Å². The van der Waals surface area contributed by atoms with Crippen LogP contribution in [-0.4, -0.2) is 5.11 Å². The molecule has 0 unspecified atom stereocenters. The Morgan fingerprint density at radius 2 is 1.75 bits per heavy atom. The SMILES string of the molecule is Nc1ccc(Sc2ccc(O)cc2I)cc1. The molecule has 16 heavy (non-hydrogen) atoms. The fourth-order valence-electron chi connectivity index (χ4n) is 1.24. The molecule has 0 heterocycles. The topological polar surface area (TPSA) is 46.2 Å². The average Bonchev–Trinajstić information content (AvgIpc) is 2.25. The number of rotatable bonds is 2. The van der Waals surface area contributed by atoms with E-state index < -0.39 is 0 Å². The van der Waals surface area contributed by atoms with Gasteiger partial charge in [0.25, 0.3) is 0 Å². The summed E-state index contributed by atoms with van der Waals surface area (Å²) in [4.78, 5) is 2.26. The van der Waals surface area contributed by atoms with E-state index in [1.807, 2.05) is 30.3 Å². The summed E-state index contributed by atoms with van der Waals surface area (Å²) in [5.74, 6) is 0.297. The summed E-state index contributed by atoms with van der Waals surface area (Å²) in [6.45, 7) is 0. The van der Waals surface area contributed by atoms with Crippen molar-refractivity contribution in [3.05, 3.63) is 46.0 Å². The molecule has 3 N–H and O–H groups in total. The second-order valence-corrected chi connectivity index (χ2v) is 5.56. The molecule has 0 aliphatic heterocycles. The Balaban J connectivity index is 2.23. The minimum absolute atomic E-state index is 0.297. The summed E-state index contributed by atoms with van der Waals surface area (Å²) in [5, 5.41) is 9.31. The molecule has 2 aromatic carbocycles. The first-order valence-electron chi connectivity index (χ1n) is 4.67. The zero-order chi connectivity index (χ0) is 11.5. The third-order valence-electron chi connectivity index (χ3n) is 2.02. The molecule has 0 fully saturated rings. The lowest BCUT2D eigenvalue weighted by Gasteiger charge is -2.05. The fourth-order valence-corrected chi connectivity index (χ4v) is 2.88. The van der Waals surface area contributed by atoms with E-state index in [4.69, 9.17) is 5.73 Å². The molecule has 0 saturated heterocycles. The molecule has 2 rings (SSSR count). The van der Waals surface area contributed by atoms with Crippen LogP contribution in [0.25, 0.3) is 0 Å². The summed E-state index contributed by atoms with van der Waals surface area (Å²) >= 11 is 3.87. The Labute approximate surface area is 112 Å². The van der Waals surface area contributed by atoms with Gasteiger partial charge in [-0.2, -0.15) is 0 Å². The fraction of sp³-hybridized carbons (Fsp3) is 0. The average molecular weight is 343 g/mol. The number of phenolic OH excluding ortho intramolecular Hbond substituents is 1. The highest BCUT2D eigenvalue weighted by Crippen LogP contribution is 2.33. The van der Waals surface area contributed by atoms with Gasteiger partial charge in [-0.05, 0) is 65.1 Å². The lowest BCUT2D eigenvalue weighted by Crippen LogP contribution is -1.83. The molecule has 2 nitrogen and oxygen atoms in total. The molecule has 0 spiro atoms. The normalized spacial score (nSPS) is 10.3. The van der Waals surface area contributed by atoms with Crippen LogP contribution in [0, 0.1) is 3.57 Å². The Morgan fingerprint density at radius 3 is 2.38 bits per heavy atom. The van der Waals surface area contributed by atoms with Crippen molar-refractivity contribution >= 4 is 40.0 Å². The minimum atomic E-state index is 0.297. The van der Waals surface area contributed by atoms with Crippen molar-refractivity contribution in [3.8, 4) is 5.75 Å². The summed E-state index contributed by atoms with van der Waals surface area (Å²) in [6, 6.07) is 13.1. The molecule has 0 radical (unpaired) electrons. The van der Waals surface area contributed by atoms with Crippen LogP contribution in [0.3, 0.4) is 0 Å². The number of anilines is 1. The molecule has 0 amide bonds. The third kappa shape index (κ3) is 2.82. The lowest BCUT2D eigenvalue weighted by molar-refractivity contribution is 0.474. The van der Waals surface area contributed by atoms with Gasteiger partial charge >= 0.3 is 0 Å². The standard InChI is InChI=1S/C12H10INOS/c13-11-7-9(15)3-6-12(11)16-10-4-1-8(14)2-5-10/h1-7,15H,14H2. The number of nitrogen functional groups attached to an aromatic ring is 1. The number of hydrogen-bond acceptors (Lipinski definition) is 3. The molecule has 0 saturated carbocycles. The Bertz CT molecular complexity index is 499. The highest BCUT2D eigenvalue weighted by Gasteiger charge is 2.03. The van der Waals surface area contributed by atoms with Gasteiger partial charge in [-0.1, -0.05) is 11.8 Å². The largest absolute Gasteiger partial charge is 0.508 e. The second kappa shape index (κ2) is 4.97. The number of hydrogen-bond donors (Lipinski definition) is 2. The zero-order valence-electron chi connectivity index (χ0n) is 8.35. The van der Waals surface area contributed by atoms with Crippen molar-refractivity contribution in [2.75, 3.05) is 5.73 Å². The van der Waals surface area contributed by atoms with Crippen LogP contribution in [0.4, 0.5) is 5.69 Å². The van der Waals surface area contributed by atoms with E-state index in [1.165, 1.54) is 0 Å². The number of benzene rings is 2. The van der Waals surface area contributed by atoms with Gasteiger partial charge in [0.1, 0.15) is 5.75 Å². The van der Waals surface area contributed by atoms with Crippen LogP contribution in [0.1, 0.15) is 0 Å². The van der Waals surface area contributed by atoms with Gasteiger partial charge in [-0.3, -0.25) is 0 Å². The first-order valence-corrected chi connectivity index (χ1v) is 6.56. The summed E-state index contributed by atoms with van der Waals surface area (Å²) in [5.41, 5.74) is 6.39. The molecule has 0 bridgehead atoms. The van der Waals surface area contributed by atoms with Crippen molar-refractivity contribution in [1.82, 2.24) is 0 Å². The third-order valence-corrected chi connectivity index (χ3v) is 4.37. The molecule has 2 aromatic rings. The van der Waals surface area contributed by atoms with Gasteiger partial charge in [0.05, 0.1) is 0 Å². The van der Waals surface area contributed by atoms with Crippen LogP contribution < -0.4 is 5.73 Å². The first-order chi connectivity index (χ1) is 7.65. The number of phenols is 1. The Kier molecular flexibility index (Phi) is 3.60. The van der Waals surface area contributed by atoms with E-state index in [0.717, 1.165) is 19.0 Å². The molecular formula is C12H10INOS. The monoisotopic (exact) mass is 343 g/mol. The van der Waals surface area contributed by atoms with Crippen molar-refractivity contribution < 1.29 is 5.11 Å². The van der Waals surface area contributed by atoms with Crippen LogP contribution in [0.5, 0.6) is 5.75 Å². The van der Waals surface area contributed by atoms with Crippen molar-refractivity contribution in [2.45, 2.75) is 9.79 Å². The maximum absolute atomic E-state index is 9.31. The highest BCUT2D eigenvalue weighted by molar-refractivity contribution is 14.1. The second-order valence-electron chi connectivity index (χ2n) is 3.29. The lowest BCUT2D eigenvalue weighted by atomic mass is 10.3. The molecule has 4 heteroatoms. The van der Waals surface area contributed by atoms with Gasteiger partial charge in [-0.15, -0.1) is 0 Å².